The van der Waals surface area contributed by atoms with Gasteiger partial charge in [0.1, 0.15) is 5.01 Å². The Kier molecular flexibility index (Phi) is 6.44. The fraction of sp³-hybridized carbons (Fsp3) is 0.583. The van der Waals surface area contributed by atoms with E-state index >= 15 is 0 Å². The number of thiazole rings is 1. The lowest BCUT2D eigenvalue weighted by Crippen LogP contribution is -2.23. The average molecular weight is 285 g/mol. The number of carbonyl (C=O) groups excluding carboxylic acids is 1. The van der Waals surface area contributed by atoms with Crippen molar-refractivity contribution in [3.63, 3.8) is 0 Å². The van der Waals surface area contributed by atoms with Crippen LogP contribution in [0.1, 0.15) is 23.5 Å². The zero-order valence-electron chi connectivity index (χ0n) is 11.2. The summed E-state index contributed by atoms with van der Waals surface area (Å²) in [7, 11) is 3.45. The number of nitrogens with zero attached hydrogens (tertiary/aromatic N) is 2. The van der Waals surface area contributed by atoms with Crippen LogP contribution in [0.15, 0.2) is 5.38 Å². The minimum Gasteiger partial charge on any atom is -0.481 e. The van der Waals surface area contributed by atoms with Gasteiger partial charge < -0.3 is 15.3 Å². The molecule has 1 aromatic rings. The molecule has 1 aromatic heterocycles. The third-order valence-corrected chi connectivity index (χ3v) is 3.35. The first kappa shape index (κ1) is 15.6. The van der Waals surface area contributed by atoms with Crippen molar-refractivity contribution in [2.24, 2.45) is 0 Å². The average Bonchev–Trinajstić information content (AvgIpc) is 2.75. The van der Waals surface area contributed by atoms with Crippen LogP contribution < -0.4 is 5.32 Å². The van der Waals surface area contributed by atoms with Crippen LogP contribution in [-0.2, 0) is 22.6 Å². The second kappa shape index (κ2) is 7.85. The molecule has 2 N–H and O–H groups in total. The normalized spacial score (nSPS) is 10.4. The van der Waals surface area contributed by atoms with E-state index in [-0.39, 0.29) is 12.3 Å². The van der Waals surface area contributed by atoms with Crippen LogP contribution in [-0.4, -0.2) is 47.5 Å². The molecule has 0 aliphatic rings. The van der Waals surface area contributed by atoms with Crippen molar-refractivity contribution in [1.82, 2.24) is 15.2 Å². The molecule has 0 aliphatic carbocycles. The molecule has 1 heterocycles. The maximum absolute atomic E-state index is 11.5. The molecule has 0 aromatic carbocycles. The van der Waals surface area contributed by atoms with Crippen LogP contribution in [0.25, 0.3) is 0 Å². The fourth-order valence-electron chi connectivity index (χ4n) is 1.38. The Morgan fingerprint density at radius 2 is 2.21 bits per heavy atom. The van der Waals surface area contributed by atoms with Crippen LogP contribution in [0.2, 0.25) is 0 Å². The minimum absolute atomic E-state index is 0.0373. The van der Waals surface area contributed by atoms with Gasteiger partial charge in [-0.15, -0.1) is 11.3 Å². The van der Waals surface area contributed by atoms with Gasteiger partial charge in [-0.2, -0.15) is 0 Å². The Morgan fingerprint density at radius 3 is 2.84 bits per heavy atom. The SMILES string of the molecule is CN(C)C(=O)Cc1nc(CNCCCC(=O)O)cs1. The van der Waals surface area contributed by atoms with Crippen LogP contribution in [0, 0.1) is 0 Å². The number of aromatic nitrogens is 1. The molecule has 1 rings (SSSR count). The number of amides is 1. The molecule has 0 spiro atoms. The van der Waals surface area contributed by atoms with Crippen molar-refractivity contribution in [3.8, 4) is 0 Å². The number of carbonyl (C=O) groups is 2. The zero-order valence-corrected chi connectivity index (χ0v) is 12.0. The molecule has 0 radical (unpaired) electrons. The van der Waals surface area contributed by atoms with Crippen molar-refractivity contribution < 1.29 is 14.7 Å². The van der Waals surface area contributed by atoms with E-state index in [1.54, 1.807) is 19.0 Å². The molecular formula is C12H19N3O3S. The zero-order chi connectivity index (χ0) is 14.3. The number of hydrogen-bond donors (Lipinski definition) is 2. The summed E-state index contributed by atoms with van der Waals surface area (Å²) in [5.41, 5.74) is 0.891. The van der Waals surface area contributed by atoms with E-state index in [9.17, 15) is 9.59 Å². The van der Waals surface area contributed by atoms with E-state index < -0.39 is 5.97 Å². The van der Waals surface area contributed by atoms with Gasteiger partial charge in [0, 0.05) is 32.4 Å². The summed E-state index contributed by atoms with van der Waals surface area (Å²) < 4.78 is 0. The van der Waals surface area contributed by atoms with Crippen molar-refractivity contribution in [1.29, 1.82) is 0 Å². The Morgan fingerprint density at radius 1 is 1.47 bits per heavy atom. The highest BCUT2D eigenvalue weighted by Crippen LogP contribution is 2.11. The smallest absolute Gasteiger partial charge is 0.303 e. The van der Waals surface area contributed by atoms with Gasteiger partial charge in [-0.3, -0.25) is 9.59 Å². The highest BCUT2D eigenvalue weighted by Gasteiger charge is 2.09. The summed E-state index contributed by atoms with van der Waals surface area (Å²) >= 11 is 1.47. The Bertz CT molecular complexity index is 432. The molecule has 0 unspecified atom stereocenters. The summed E-state index contributed by atoms with van der Waals surface area (Å²) in [6.45, 7) is 1.25. The van der Waals surface area contributed by atoms with Gasteiger partial charge in [0.05, 0.1) is 12.1 Å². The Balaban J connectivity index is 2.27. The molecule has 1 amide bonds. The van der Waals surface area contributed by atoms with Crippen LogP contribution in [0.3, 0.4) is 0 Å². The van der Waals surface area contributed by atoms with Gasteiger partial charge in [0.2, 0.25) is 5.91 Å². The summed E-state index contributed by atoms with van der Waals surface area (Å²) in [5.74, 6) is -0.741. The number of aliphatic carboxylic acids is 1. The number of hydrogen-bond acceptors (Lipinski definition) is 5. The van der Waals surface area contributed by atoms with Crippen LogP contribution in [0.5, 0.6) is 0 Å². The summed E-state index contributed by atoms with van der Waals surface area (Å²) in [6.07, 6.45) is 1.11. The van der Waals surface area contributed by atoms with Crippen LogP contribution >= 0.6 is 11.3 Å². The molecule has 106 valence electrons. The van der Waals surface area contributed by atoms with Gasteiger partial charge >= 0.3 is 5.97 Å². The van der Waals surface area contributed by atoms with E-state index in [2.05, 4.69) is 10.3 Å². The maximum atomic E-state index is 11.5. The Labute approximate surface area is 116 Å². The summed E-state index contributed by atoms with van der Waals surface area (Å²) in [6, 6.07) is 0. The predicted molar refractivity (Wildman–Crippen MR) is 73.1 cm³/mol. The lowest BCUT2D eigenvalue weighted by Gasteiger charge is -2.07. The van der Waals surface area contributed by atoms with Gasteiger partial charge in [-0.25, -0.2) is 4.98 Å². The number of rotatable bonds is 8. The van der Waals surface area contributed by atoms with Crippen molar-refractivity contribution in [2.75, 3.05) is 20.6 Å². The number of carboxylic acids is 1. The molecule has 7 heteroatoms. The van der Waals surface area contributed by atoms with E-state index in [0.29, 0.717) is 25.9 Å². The molecule has 0 aliphatic heterocycles. The predicted octanol–water partition coefficient (Wildman–Crippen LogP) is 0.728. The second-order valence-corrected chi connectivity index (χ2v) is 5.31. The molecular weight excluding hydrogens is 266 g/mol. The molecule has 0 bridgehead atoms. The van der Waals surface area contributed by atoms with Gasteiger partial charge in [-0.05, 0) is 13.0 Å². The third-order valence-electron chi connectivity index (χ3n) is 2.45. The van der Waals surface area contributed by atoms with Gasteiger partial charge in [0.15, 0.2) is 0 Å². The quantitative estimate of drug-likeness (QED) is 0.688. The van der Waals surface area contributed by atoms with Crippen molar-refractivity contribution in [3.05, 3.63) is 16.1 Å². The largest absolute Gasteiger partial charge is 0.481 e. The van der Waals surface area contributed by atoms with Gasteiger partial charge in [0.25, 0.3) is 0 Å². The van der Waals surface area contributed by atoms with E-state index in [1.807, 2.05) is 5.38 Å². The Hall–Kier alpha value is -1.47. The molecule has 6 nitrogen and oxygen atoms in total. The van der Waals surface area contributed by atoms with E-state index in [4.69, 9.17) is 5.11 Å². The maximum Gasteiger partial charge on any atom is 0.303 e. The topological polar surface area (TPSA) is 82.5 Å². The fourth-order valence-corrected chi connectivity index (χ4v) is 2.16. The standard InChI is InChI=1S/C12H19N3O3S/c1-15(2)11(16)6-10-14-9(8-19-10)7-13-5-3-4-12(17)18/h8,13H,3-7H2,1-2H3,(H,17,18). The first-order chi connectivity index (χ1) is 8.99. The first-order valence-corrected chi connectivity index (χ1v) is 6.93. The highest BCUT2D eigenvalue weighted by atomic mass is 32.1. The van der Waals surface area contributed by atoms with E-state index in [0.717, 1.165) is 10.7 Å². The van der Waals surface area contributed by atoms with Gasteiger partial charge in [-0.1, -0.05) is 0 Å². The highest BCUT2D eigenvalue weighted by molar-refractivity contribution is 7.09. The minimum atomic E-state index is -0.778. The monoisotopic (exact) mass is 285 g/mol. The first-order valence-electron chi connectivity index (χ1n) is 6.05. The van der Waals surface area contributed by atoms with Crippen LogP contribution in [0.4, 0.5) is 0 Å². The number of likely N-dealkylation sites (N-methyl/N-ethyl adjacent to an activating group) is 1. The molecule has 0 fully saturated rings. The number of nitrogens with one attached hydrogen (secondary N) is 1. The molecule has 0 saturated carbocycles. The summed E-state index contributed by atoms with van der Waals surface area (Å²) in [4.78, 5) is 27.7. The second-order valence-electron chi connectivity index (χ2n) is 4.37. The van der Waals surface area contributed by atoms with Crippen molar-refractivity contribution >= 4 is 23.2 Å². The lowest BCUT2D eigenvalue weighted by molar-refractivity contribution is -0.137. The third kappa shape index (κ3) is 6.30. The lowest BCUT2D eigenvalue weighted by atomic mass is 10.3. The molecule has 0 saturated heterocycles. The summed E-state index contributed by atoms with van der Waals surface area (Å²) in [5, 5.41) is 14.3. The molecule has 0 atom stereocenters. The molecule has 19 heavy (non-hydrogen) atoms. The number of carboxylic acid groups (broad SMARTS) is 1. The van der Waals surface area contributed by atoms with E-state index in [1.165, 1.54) is 11.3 Å². The van der Waals surface area contributed by atoms with Crippen molar-refractivity contribution in [2.45, 2.75) is 25.8 Å².